The van der Waals surface area contributed by atoms with Gasteiger partial charge in [0.25, 0.3) is 11.2 Å². The van der Waals surface area contributed by atoms with E-state index in [9.17, 15) is 58.5 Å². The number of halogens is 6. The van der Waals surface area contributed by atoms with Crippen LogP contribution in [0.15, 0.2) is 0 Å². The molecule has 2 amide bonds. The number of esters is 2. The average molecular weight is 1010 g/mol. The van der Waals surface area contributed by atoms with Gasteiger partial charge in [0.1, 0.15) is 29.4 Å². The maximum absolute atomic E-state index is 14.3. The monoisotopic (exact) mass is 1010 g/mol. The van der Waals surface area contributed by atoms with Gasteiger partial charge < -0.3 is 23.5 Å². The Morgan fingerprint density at radius 3 is 2.00 bits per heavy atom. The van der Waals surface area contributed by atoms with Gasteiger partial charge in [-0.05, 0) is 50.4 Å². The number of carbonyl (C=O) groups excluding carboxylic acids is 4. The SMILES string of the molecule is CC(C)(C)C(=O)N1C(=O)C2C3CC(C(OC(=O)C45CC6CC(C4)C4(OCC(F)(F)C(F)(F)CO4)C(C6)C5)C31)C2C(=O)O[CH-]C(F)(F)S(=O)(=O)[O-].[Rf]. The Hall–Kier alpha value is -3.51. The first-order chi connectivity index (χ1) is 22.9. The van der Waals surface area contributed by atoms with Crippen LogP contribution in [0.4, 0.5) is 26.3 Å². The standard InChI is InChI=1S/C31H36F6NO11S.Rf/c1-26(2,3)24(41)38-20-16-6-17(19(18(16)22(38)39)23(40)46-12-30(36,37)50(43,44)45)21(20)49-25(42)27-7-13-4-14(8-27)31(15(5-13)9-27)47-10-28(32,33)29(34,35)11-48-31;/h12-21H,4-11H2,1-3H3,(H,43,44,45);/q-1;/p-1. The second-order valence-corrected chi connectivity index (χ2v) is 17.6. The predicted octanol–water partition coefficient (Wildman–Crippen LogP) is 3.25. The van der Waals surface area contributed by atoms with E-state index < -0.39 is 135 Å². The van der Waals surface area contributed by atoms with E-state index in [-0.39, 0.29) is 25.2 Å². The second-order valence-electron chi connectivity index (χ2n) is 16.1. The van der Waals surface area contributed by atoms with Crippen LogP contribution < -0.4 is 0 Å². The van der Waals surface area contributed by atoms with E-state index in [0.29, 0.717) is 19.3 Å². The summed E-state index contributed by atoms with van der Waals surface area (Å²) in [6, 6.07) is -1.03. The fraction of sp³-hybridized carbons (Fsp3) is 0.839. The summed E-state index contributed by atoms with van der Waals surface area (Å²) in [4.78, 5) is 55.8. The number of alkyl halides is 6. The summed E-state index contributed by atoms with van der Waals surface area (Å²) in [5, 5.41) is -5.09. The first-order valence-corrected chi connectivity index (χ1v) is 17.8. The number of nitrogens with zero attached hydrogens (tertiary/aromatic N) is 1. The van der Waals surface area contributed by atoms with E-state index in [4.69, 9.17) is 14.2 Å². The normalized spacial score (nSPS) is 39.8. The van der Waals surface area contributed by atoms with Gasteiger partial charge >= 0.3 is 17.8 Å². The third-order valence-electron chi connectivity index (χ3n) is 12.1. The largest absolute Gasteiger partial charge is 0.746 e. The molecule has 0 aromatic rings. The molecule has 1 spiro atoms. The third-order valence-corrected chi connectivity index (χ3v) is 12.9. The fourth-order valence-corrected chi connectivity index (χ4v) is 10.4. The van der Waals surface area contributed by atoms with Crippen molar-refractivity contribution in [1.82, 2.24) is 4.90 Å². The van der Waals surface area contributed by atoms with Crippen LogP contribution in [0.3, 0.4) is 0 Å². The smallest absolute Gasteiger partial charge is 0.335 e. The van der Waals surface area contributed by atoms with Gasteiger partial charge in [-0.3, -0.25) is 24.1 Å². The van der Waals surface area contributed by atoms with Crippen LogP contribution >= 0.6 is 0 Å². The molecule has 51 heavy (non-hydrogen) atoms. The van der Waals surface area contributed by atoms with Crippen molar-refractivity contribution in [3.63, 3.8) is 0 Å². The maximum Gasteiger partial charge on any atom is 0.335 e. The zero-order valence-corrected chi connectivity index (χ0v) is 35.0. The number of ether oxygens (including phenoxy) is 4. The number of imide groups is 1. The van der Waals surface area contributed by atoms with E-state index in [2.05, 4.69) is 4.74 Å². The molecule has 12 nitrogen and oxygen atoms in total. The van der Waals surface area contributed by atoms with E-state index in [1.807, 2.05) is 0 Å². The van der Waals surface area contributed by atoms with Crippen molar-refractivity contribution in [1.29, 1.82) is 0 Å². The minimum absolute atomic E-state index is 0. The van der Waals surface area contributed by atoms with Crippen molar-refractivity contribution in [2.75, 3.05) is 13.2 Å². The van der Waals surface area contributed by atoms with Gasteiger partial charge in [0, 0.05) is 23.2 Å². The Kier molecular flexibility index (Phi) is 8.04. The predicted molar refractivity (Wildman–Crippen MR) is 149 cm³/mol. The minimum atomic E-state index is -6.26. The minimum Gasteiger partial charge on any atom is -0.746 e. The van der Waals surface area contributed by atoms with Gasteiger partial charge in [-0.1, -0.05) is 27.4 Å². The molecular weight excluding hydrogens is 975 g/mol. The molecule has 6 aliphatic carbocycles. The molecule has 8 aliphatic rings. The number of hydrogen-bond acceptors (Lipinski definition) is 11. The molecule has 6 saturated carbocycles. The van der Waals surface area contributed by atoms with Gasteiger partial charge in [-0.25, -0.2) is 17.2 Å². The molecule has 8 atom stereocenters. The Morgan fingerprint density at radius 2 is 1.49 bits per heavy atom. The molecule has 0 N–H and O–H groups in total. The van der Waals surface area contributed by atoms with Crippen molar-refractivity contribution < 1.29 is 77.4 Å². The van der Waals surface area contributed by atoms with E-state index in [1.165, 1.54) is 20.8 Å². The quantitative estimate of drug-likeness (QED) is 0.166. The number of rotatable bonds is 6. The summed E-state index contributed by atoms with van der Waals surface area (Å²) in [5.41, 5.74) is -2.37. The molecule has 0 aromatic carbocycles. The number of likely N-dealkylation sites (tertiary alicyclic amines) is 1. The molecule has 8 fully saturated rings. The van der Waals surface area contributed by atoms with Gasteiger partial charge in [-0.15, -0.1) is 0 Å². The molecule has 2 heterocycles. The van der Waals surface area contributed by atoms with Crippen LogP contribution in [-0.4, -0.2) is 89.9 Å². The molecule has 8 rings (SSSR count). The van der Waals surface area contributed by atoms with Crippen LogP contribution in [0.5, 0.6) is 0 Å². The molecule has 20 heteroatoms. The topological polar surface area (TPSA) is 166 Å². The second kappa shape index (κ2) is 11.0. The zero-order valence-electron chi connectivity index (χ0n) is 27.8. The van der Waals surface area contributed by atoms with Crippen LogP contribution in [0.1, 0.15) is 59.3 Å². The van der Waals surface area contributed by atoms with Crippen LogP contribution in [0.25, 0.3) is 0 Å². The van der Waals surface area contributed by atoms with Gasteiger partial charge in [0.2, 0.25) is 11.8 Å². The first-order valence-electron chi connectivity index (χ1n) is 16.4. The van der Waals surface area contributed by atoms with E-state index in [0.717, 1.165) is 4.90 Å². The van der Waals surface area contributed by atoms with Gasteiger partial charge in [0.15, 0.2) is 5.79 Å². The summed E-state index contributed by atoms with van der Waals surface area (Å²) in [7, 11) is -6.26. The van der Waals surface area contributed by atoms with Gasteiger partial charge in [0.05, 0.1) is 23.3 Å². The van der Waals surface area contributed by atoms with E-state index in [1.54, 1.807) is 0 Å². The molecular formula is C31H35F6NO11RfS-2. The number of hydrogen-bond donors (Lipinski definition) is 0. The van der Waals surface area contributed by atoms with Crippen molar-refractivity contribution in [3.8, 4) is 0 Å². The van der Waals surface area contributed by atoms with E-state index >= 15 is 0 Å². The van der Waals surface area contributed by atoms with Crippen LogP contribution in [-0.2, 0) is 48.2 Å². The zero-order chi connectivity index (χ0) is 36.8. The number of amides is 2. The van der Waals surface area contributed by atoms with Crippen molar-refractivity contribution in [2.45, 2.75) is 94.3 Å². The molecule has 2 aliphatic heterocycles. The molecule has 0 radical (unpaired) electrons. The number of carbonyl (C=O) groups is 4. The summed E-state index contributed by atoms with van der Waals surface area (Å²) in [6.07, 6.45) is -0.295. The Labute approximate surface area is 282 Å². The Morgan fingerprint density at radius 1 is 0.941 bits per heavy atom. The van der Waals surface area contributed by atoms with Gasteiger partial charge in [-0.2, -0.15) is 17.6 Å². The van der Waals surface area contributed by atoms with Crippen LogP contribution in [0, 0.1) is 58.9 Å². The number of fused-ring (bicyclic) bond motifs is 1. The molecule has 8 unspecified atom stereocenters. The molecule has 0 aromatic heterocycles. The Balaban J connectivity index is 0.00000448. The molecule has 282 valence electrons. The van der Waals surface area contributed by atoms with Crippen LogP contribution in [0.2, 0.25) is 0 Å². The maximum atomic E-state index is 14.3. The van der Waals surface area contributed by atoms with Crippen molar-refractivity contribution in [2.24, 2.45) is 52.3 Å². The summed E-state index contributed by atoms with van der Waals surface area (Å²) < 4.78 is 139. The summed E-state index contributed by atoms with van der Waals surface area (Å²) >= 11 is 0. The third kappa shape index (κ3) is 5.16. The summed E-state index contributed by atoms with van der Waals surface area (Å²) in [5.74, 6) is -20.6. The summed E-state index contributed by atoms with van der Waals surface area (Å²) in [6.45, 7) is 0.742. The molecule has 6 bridgehead atoms. The van der Waals surface area contributed by atoms with Crippen molar-refractivity contribution >= 4 is 33.9 Å². The van der Waals surface area contributed by atoms with Crippen molar-refractivity contribution in [3.05, 3.63) is 6.61 Å². The first kappa shape index (κ1) is 37.3. The molecule has 2 saturated heterocycles. The average Bonchev–Trinajstić information content (AvgIpc) is 3.58. The Bertz CT molecular complexity index is 1600. The fourth-order valence-electron chi connectivity index (χ4n) is 10.2.